The van der Waals surface area contributed by atoms with Crippen LogP contribution >= 0.6 is 0 Å². The van der Waals surface area contributed by atoms with Gasteiger partial charge in [0.25, 0.3) is 0 Å². The Morgan fingerprint density at radius 2 is 1.76 bits per heavy atom. The number of benzene rings is 2. The van der Waals surface area contributed by atoms with Crippen LogP contribution in [-0.2, 0) is 16.0 Å². The molecule has 3 unspecified atom stereocenters. The lowest BCUT2D eigenvalue weighted by Gasteiger charge is -2.37. The normalized spacial score (nSPS) is 21.3. The Morgan fingerprint density at radius 1 is 1.06 bits per heavy atom. The fourth-order valence-corrected chi connectivity index (χ4v) is 5.04. The van der Waals surface area contributed by atoms with Gasteiger partial charge in [0, 0.05) is 38.2 Å². The van der Waals surface area contributed by atoms with Gasteiger partial charge in [0.1, 0.15) is 11.8 Å². The Labute approximate surface area is 200 Å². The molecule has 2 aliphatic heterocycles. The van der Waals surface area contributed by atoms with Gasteiger partial charge in [0.15, 0.2) is 0 Å². The lowest BCUT2D eigenvalue weighted by molar-refractivity contribution is -0.139. The van der Waals surface area contributed by atoms with E-state index in [1.807, 2.05) is 47.4 Å². The van der Waals surface area contributed by atoms with E-state index in [1.54, 1.807) is 24.1 Å². The summed E-state index contributed by atoms with van der Waals surface area (Å²) in [5, 5.41) is 2.94. The predicted molar refractivity (Wildman–Crippen MR) is 129 cm³/mol. The van der Waals surface area contributed by atoms with Crippen molar-refractivity contribution in [3.05, 3.63) is 60.2 Å². The highest BCUT2D eigenvalue weighted by Gasteiger charge is 2.39. The zero-order chi connectivity index (χ0) is 24.1. The molecule has 2 heterocycles. The maximum absolute atomic E-state index is 13.1. The quantitative estimate of drug-likeness (QED) is 0.686. The molecule has 0 radical (unpaired) electrons. The molecular formula is C26H32N4O4. The van der Waals surface area contributed by atoms with E-state index in [9.17, 15) is 14.4 Å². The third kappa shape index (κ3) is 5.50. The lowest BCUT2D eigenvalue weighted by atomic mass is 9.82. The number of amides is 4. The number of hydrogen-bond donors (Lipinski definition) is 2. The number of piperidine rings is 1. The molecule has 0 aromatic heterocycles. The Balaban J connectivity index is 1.39. The first-order valence-electron chi connectivity index (χ1n) is 11.8. The van der Waals surface area contributed by atoms with Crippen molar-refractivity contribution in [3.63, 3.8) is 0 Å². The number of anilines is 1. The molecule has 4 amide bonds. The highest BCUT2D eigenvalue weighted by molar-refractivity contribution is 5.89. The molecule has 8 nitrogen and oxygen atoms in total. The van der Waals surface area contributed by atoms with Crippen molar-refractivity contribution in [1.29, 1.82) is 0 Å². The fourth-order valence-electron chi connectivity index (χ4n) is 5.04. The molecule has 3 atom stereocenters. The van der Waals surface area contributed by atoms with Crippen LogP contribution < -0.4 is 15.8 Å². The van der Waals surface area contributed by atoms with Gasteiger partial charge in [-0.15, -0.1) is 0 Å². The van der Waals surface area contributed by atoms with Crippen molar-refractivity contribution in [3.8, 4) is 5.75 Å². The summed E-state index contributed by atoms with van der Waals surface area (Å²) in [6.45, 7) is 1.65. The minimum Gasteiger partial charge on any atom is -0.497 e. The van der Waals surface area contributed by atoms with Crippen LogP contribution in [0.3, 0.4) is 0 Å². The summed E-state index contributed by atoms with van der Waals surface area (Å²) in [5.74, 6) is 0.626. The van der Waals surface area contributed by atoms with Crippen LogP contribution in [0.1, 0.15) is 24.8 Å². The molecule has 2 aliphatic rings. The number of nitrogens with one attached hydrogen (secondary N) is 1. The van der Waals surface area contributed by atoms with E-state index in [0.29, 0.717) is 38.2 Å². The van der Waals surface area contributed by atoms with E-state index in [1.165, 1.54) is 0 Å². The number of urea groups is 1. The molecule has 3 N–H and O–H groups in total. The van der Waals surface area contributed by atoms with Gasteiger partial charge in [-0.2, -0.15) is 0 Å². The van der Waals surface area contributed by atoms with Crippen LogP contribution in [0.25, 0.3) is 0 Å². The van der Waals surface area contributed by atoms with Crippen LogP contribution in [0.4, 0.5) is 10.5 Å². The summed E-state index contributed by atoms with van der Waals surface area (Å²) < 4.78 is 5.16. The van der Waals surface area contributed by atoms with E-state index in [-0.39, 0.29) is 23.8 Å². The third-order valence-corrected chi connectivity index (χ3v) is 6.99. The van der Waals surface area contributed by atoms with Gasteiger partial charge in [-0.1, -0.05) is 30.3 Å². The summed E-state index contributed by atoms with van der Waals surface area (Å²) in [7, 11) is 1.60. The highest BCUT2D eigenvalue weighted by Crippen LogP contribution is 2.33. The largest absolute Gasteiger partial charge is 0.497 e. The first kappa shape index (κ1) is 23.6. The molecule has 0 aliphatic carbocycles. The van der Waals surface area contributed by atoms with Crippen molar-refractivity contribution in [2.45, 2.75) is 31.7 Å². The summed E-state index contributed by atoms with van der Waals surface area (Å²) in [6.07, 6.45) is 2.30. The molecule has 2 aromatic rings. The van der Waals surface area contributed by atoms with Crippen LogP contribution in [0.15, 0.2) is 54.6 Å². The zero-order valence-corrected chi connectivity index (χ0v) is 19.5. The molecular weight excluding hydrogens is 432 g/mol. The summed E-state index contributed by atoms with van der Waals surface area (Å²) >= 11 is 0. The van der Waals surface area contributed by atoms with Gasteiger partial charge in [-0.3, -0.25) is 9.59 Å². The molecule has 8 heteroatoms. The van der Waals surface area contributed by atoms with Gasteiger partial charge >= 0.3 is 6.03 Å². The number of fused-ring (bicyclic) bond motifs is 1. The van der Waals surface area contributed by atoms with E-state index in [4.69, 9.17) is 10.5 Å². The van der Waals surface area contributed by atoms with Gasteiger partial charge in [-0.05, 0) is 54.5 Å². The lowest BCUT2D eigenvalue weighted by Crippen LogP contribution is -2.49. The molecule has 0 bridgehead atoms. The minimum absolute atomic E-state index is 0.0247. The number of carbonyl (C=O) groups is 3. The molecule has 0 saturated carbocycles. The van der Waals surface area contributed by atoms with Crippen molar-refractivity contribution >= 4 is 23.5 Å². The molecule has 4 rings (SSSR count). The van der Waals surface area contributed by atoms with Crippen LogP contribution in [0.2, 0.25) is 0 Å². The van der Waals surface area contributed by atoms with Crippen LogP contribution in [0, 0.1) is 11.8 Å². The Hall–Kier alpha value is -3.55. The number of ether oxygens (including phenoxy) is 1. The molecule has 180 valence electrons. The van der Waals surface area contributed by atoms with Crippen molar-refractivity contribution in [2.24, 2.45) is 17.6 Å². The first-order chi connectivity index (χ1) is 16.4. The van der Waals surface area contributed by atoms with Gasteiger partial charge < -0.3 is 25.6 Å². The molecule has 34 heavy (non-hydrogen) atoms. The first-order valence-corrected chi connectivity index (χ1v) is 11.8. The molecule has 2 fully saturated rings. The number of rotatable bonds is 6. The highest BCUT2D eigenvalue weighted by atomic mass is 16.5. The molecule has 0 spiro atoms. The average molecular weight is 465 g/mol. The maximum atomic E-state index is 13.1. The number of nitrogens with zero attached hydrogens (tertiary/aromatic N) is 2. The second-order valence-corrected chi connectivity index (χ2v) is 9.10. The second-order valence-electron chi connectivity index (χ2n) is 9.10. The zero-order valence-electron chi connectivity index (χ0n) is 19.5. The van der Waals surface area contributed by atoms with Gasteiger partial charge in [-0.25, -0.2) is 4.79 Å². The molecule has 2 aromatic carbocycles. The Kier molecular flexibility index (Phi) is 7.35. The number of methoxy groups -OCH3 is 1. The predicted octanol–water partition coefficient (Wildman–Crippen LogP) is 2.88. The van der Waals surface area contributed by atoms with E-state index < -0.39 is 11.9 Å². The van der Waals surface area contributed by atoms with Gasteiger partial charge in [0.05, 0.1) is 7.11 Å². The second kappa shape index (κ2) is 10.6. The monoisotopic (exact) mass is 464 g/mol. The van der Waals surface area contributed by atoms with Crippen LogP contribution in [0.5, 0.6) is 5.75 Å². The van der Waals surface area contributed by atoms with Crippen molar-refractivity contribution < 1.29 is 19.1 Å². The minimum atomic E-state index is -0.662. The Bertz CT molecular complexity index is 1010. The average Bonchev–Trinajstić information content (AvgIpc) is 3.01. The molecule has 2 saturated heterocycles. The number of likely N-dealkylation sites (tertiary alicyclic amines) is 2. The topological polar surface area (TPSA) is 105 Å². The number of carbonyl (C=O) groups excluding carboxylic acids is 3. The number of hydrogen-bond acceptors (Lipinski definition) is 4. The van der Waals surface area contributed by atoms with Crippen LogP contribution in [-0.4, -0.2) is 60.4 Å². The standard InChI is InChI=1S/C26H32N4O4/c1-34-22-9-7-21(8-10-22)28-26(33)29-13-11-19-16-24(31)30(14-12-20(19)17-29)23(25(27)32)15-18-5-3-2-4-6-18/h2-10,19-20,23H,11-17H2,1H3,(H2,27,32)(H,28,33). The number of nitrogens with two attached hydrogens (primary N) is 1. The Morgan fingerprint density at radius 3 is 2.44 bits per heavy atom. The van der Waals surface area contributed by atoms with Gasteiger partial charge in [0.2, 0.25) is 11.8 Å². The summed E-state index contributed by atoms with van der Waals surface area (Å²) in [6, 6.07) is 16.0. The fraction of sp³-hybridized carbons (Fsp3) is 0.423. The van der Waals surface area contributed by atoms with E-state index in [0.717, 1.165) is 24.2 Å². The smallest absolute Gasteiger partial charge is 0.321 e. The summed E-state index contributed by atoms with van der Waals surface area (Å²) in [4.78, 5) is 41.8. The van der Waals surface area contributed by atoms with E-state index in [2.05, 4.69) is 5.32 Å². The summed E-state index contributed by atoms with van der Waals surface area (Å²) in [5.41, 5.74) is 7.41. The third-order valence-electron chi connectivity index (χ3n) is 6.99. The SMILES string of the molecule is COc1ccc(NC(=O)N2CCC3CC(=O)N(C(Cc4ccccc4)C(N)=O)CCC3C2)cc1. The van der Waals surface area contributed by atoms with Crippen molar-refractivity contribution in [1.82, 2.24) is 9.80 Å². The maximum Gasteiger partial charge on any atom is 0.321 e. The van der Waals surface area contributed by atoms with Crippen molar-refractivity contribution in [2.75, 3.05) is 32.1 Å². The number of primary amides is 1. The van der Waals surface area contributed by atoms with E-state index >= 15 is 0 Å².